The van der Waals surface area contributed by atoms with Crippen LogP contribution in [0.4, 0.5) is 4.79 Å². The summed E-state index contributed by atoms with van der Waals surface area (Å²) in [6, 6.07) is 8.99. The molecule has 178 valence electrons. The van der Waals surface area contributed by atoms with E-state index in [0.717, 1.165) is 45.7 Å². The van der Waals surface area contributed by atoms with Gasteiger partial charge in [-0.2, -0.15) is 0 Å². The van der Waals surface area contributed by atoms with Gasteiger partial charge in [-0.3, -0.25) is 9.69 Å². The highest BCUT2D eigenvalue weighted by Gasteiger charge is 2.40. The summed E-state index contributed by atoms with van der Waals surface area (Å²) in [6.07, 6.45) is 0.861. The van der Waals surface area contributed by atoms with Gasteiger partial charge in [-0.1, -0.05) is 52.0 Å². The fraction of sp³-hybridized carbons (Fsp3) is 0.680. The second kappa shape index (κ2) is 10.5. The Morgan fingerprint density at radius 1 is 1.09 bits per heavy atom. The van der Waals surface area contributed by atoms with Crippen LogP contribution in [0.25, 0.3) is 0 Å². The second-order valence-corrected chi connectivity index (χ2v) is 11.5. The number of nitrogens with zero attached hydrogens (tertiary/aromatic N) is 3. The maximum absolute atomic E-state index is 13.1. The van der Waals surface area contributed by atoms with Gasteiger partial charge in [-0.15, -0.1) is 11.8 Å². The SMILES string of the molecule is CC[C@@H]1S[C@@H](c2ccc(C(C)(C)C)cc2)N(CCN2CCN(C(=O)NC(C)C)CC2)C1=O. The molecule has 3 amide bonds. The van der Waals surface area contributed by atoms with Gasteiger partial charge in [0.2, 0.25) is 5.91 Å². The van der Waals surface area contributed by atoms with E-state index in [1.54, 1.807) is 11.8 Å². The fourth-order valence-electron chi connectivity index (χ4n) is 4.25. The number of piperazine rings is 1. The quantitative estimate of drug-likeness (QED) is 0.695. The van der Waals surface area contributed by atoms with Crippen molar-refractivity contribution in [3.05, 3.63) is 35.4 Å². The van der Waals surface area contributed by atoms with Crippen LogP contribution >= 0.6 is 11.8 Å². The molecule has 0 spiro atoms. The summed E-state index contributed by atoms with van der Waals surface area (Å²) in [5, 5.41) is 3.09. The normalized spacial score (nSPS) is 22.7. The third kappa shape index (κ3) is 5.98. The number of carbonyl (C=O) groups is 2. The molecule has 0 aromatic heterocycles. The number of rotatable bonds is 6. The van der Waals surface area contributed by atoms with Crippen molar-refractivity contribution in [1.29, 1.82) is 0 Å². The molecule has 2 saturated heterocycles. The molecular formula is C25H40N4O2S. The van der Waals surface area contributed by atoms with Crippen molar-refractivity contribution in [2.24, 2.45) is 0 Å². The molecular weight excluding hydrogens is 420 g/mol. The number of nitrogens with one attached hydrogen (secondary N) is 1. The van der Waals surface area contributed by atoms with Crippen LogP contribution in [0.5, 0.6) is 0 Å². The molecule has 2 heterocycles. The molecule has 1 aromatic carbocycles. The molecule has 2 fully saturated rings. The summed E-state index contributed by atoms with van der Waals surface area (Å²) in [7, 11) is 0. The van der Waals surface area contributed by atoms with Gasteiger partial charge in [-0.05, 0) is 36.8 Å². The van der Waals surface area contributed by atoms with E-state index in [1.165, 1.54) is 11.1 Å². The van der Waals surface area contributed by atoms with Gasteiger partial charge in [0.15, 0.2) is 0 Å². The lowest BCUT2D eigenvalue weighted by Gasteiger charge is -2.36. The highest BCUT2D eigenvalue weighted by atomic mass is 32.2. The molecule has 1 N–H and O–H groups in total. The zero-order chi connectivity index (χ0) is 23.5. The molecule has 3 rings (SSSR count). The van der Waals surface area contributed by atoms with Crippen molar-refractivity contribution in [2.45, 2.75) is 70.0 Å². The van der Waals surface area contributed by atoms with Crippen LogP contribution in [0.2, 0.25) is 0 Å². The van der Waals surface area contributed by atoms with E-state index < -0.39 is 0 Å². The van der Waals surface area contributed by atoms with Crippen LogP contribution in [0, 0.1) is 0 Å². The van der Waals surface area contributed by atoms with Crippen LogP contribution in [0.1, 0.15) is 64.5 Å². The Labute approximate surface area is 198 Å². The minimum Gasteiger partial charge on any atom is -0.336 e. The highest BCUT2D eigenvalue weighted by Crippen LogP contribution is 2.44. The molecule has 32 heavy (non-hydrogen) atoms. The molecule has 0 bridgehead atoms. The maximum Gasteiger partial charge on any atom is 0.317 e. The Bertz CT molecular complexity index is 782. The van der Waals surface area contributed by atoms with E-state index in [4.69, 9.17) is 0 Å². The molecule has 0 radical (unpaired) electrons. The van der Waals surface area contributed by atoms with Crippen molar-refractivity contribution >= 4 is 23.7 Å². The van der Waals surface area contributed by atoms with E-state index >= 15 is 0 Å². The number of urea groups is 1. The molecule has 1 aromatic rings. The first-order valence-electron chi connectivity index (χ1n) is 11.9. The van der Waals surface area contributed by atoms with Gasteiger partial charge < -0.3 is 15.1 Å². The Kier molecular flexibility index (Phi) is 8.15. The fourth-order valence-corrected chi connectivity index (χ4v) is 5.68. The van der Waals surface area contributed by atoms with Crippen molar-refractivity contribution in [3.63, 3.8) is 0 Å². The lowest BCUT2D eigenvalue weighted by molar-refractivity contribution is -0.130. The van der Waals surface area contributed by atoms with Crippen LogP contribution < -0.4 is 5.32 Å². The summed E-state index contributed by atoms with van der Waals surface area (Å²) in [6.45, 7) is 17.5. The van der Waals surface area contributed by atoms with E-state index in [1.807, 2.05) is 18.7 Å². The molecule has 0 aliphatic carbocycles. The first-order valence-corrected chi connectivity index (χ1v) is 12.9. The smallest absolute Gasteiger partial charge is 0.317 e. The lowest BCUT2D eigenvalue weighted by Crippen LogP contribution is -2.53. The molecule has 2 aliphatic heterocycles. The summed E-state index contributed by atoms with van der Waals surface area (Å²) in [5.41, 5.74) is 2.65. The van der Waals surface area contributed by atoms with E-state index in [9.17, 15) is 9.59 Å². The number of benzene rings is 1. The topological polar surface area (TPSA) is 55.9 Å². The number of hydrogen-bond donors (Lipinski definition) is 1. The predicted octanol–water partition coefficient (Wildman–Crippen LogP) is 4.07. The molecule has 0 saturated carbocycles. The Hall–Kier alpha value is -1.73. The summed E-state index contributed by atoms with van der Waals surface area (Å²) < 4.78 is 0. The van der Waals surface area contributed by atoms with E-state index in [0.29, 0.717) is 0 Å². The number of hydrogen-bond acceptors (Lipinski definition) is 4. The molecule has 2 aliphatic rings. The summed E-state index contributed by atoms with van der Waals surface area (Å²) in [4.78, 5) is 31.6. The molecule has 6 nitrogen and oxygen atoms in total. The van der Waals surface area contributed by atoms with Gasteiger partial charge in [0.25, 0.3) is 0 Å². The zero-order valence-electron chi connectivity index (χ0n) is 20.6. The van der Waals surface area contributed by atoms with Crippen molar-refractivity contribution in [1.82, 2.24) is 20.0 Å². The molecule has 2 atom stereocenters. The zero-order valence-corrected chi connectivity index (χ0v) is 21.4. The predicted molar refractivity (Wildman–Crippen MR) is 133 cm³/mol. The van der Waals surface area contributed by atoms with Crippen molar-refractivity contribution in [3.8, 4) is 0 Å². The van der Waals surface area contributed by atoms with Crippen LogP contribution in [0.3, 0.4) is 0 Å². The number of amides is 3. The molecule has 7 heteroatoms. The Morgan fingerprint density at radius 2 is 1.72 bits per heavy atom. The number of thioether (sulfide) groups is 1. The minimum atomic E-state index is 0.0235. The summed E-state index contributed by atoms with van der Waals surface area (Å²) in [5.74, 6) is 0.261. The third-order valence-corrected chi connectivity index (χ3v) is 7.94. The average Bonchev–Trinajstić information content (AvgIpc) is 3.07. The Morgan fingerprint density at radius 3 is 2.25 bits per heavy atom. The van der Waals surface area contributed by atoms with Crippen LogP contribution in [-0.2, 0) is 10.2 Å². The monoisotopic (exact) mass is 460 g/mol. The van der Waals surface area contributed by atoms with Gasteiger partial charge in [0, 0.05) is 45.3 Å². The van der Waals surface area contributed by atoms with Crippen molar-refractivity contribution in [2.75, 3.05) is 39.3 Å². The second-order valence-electron chi connectivity index (χ2n) is 10.2. The summed E-state index contributed by atoms with van der Waals surface area (Å²) >= 11 is 1.79. The molecule has 0 unspecified atom stereocenters. The maximum atomic E-state index is 13.1. The van der Waals surface area contributed by atoms with E-state index in [2.05, 4.69) is 67.1 Å². The lowest BCUT2D eigenvalue weighted by atomic mass is 9.86. The van der Waals surface area contributed by atoms with Gasteiger partial charge in [0.1, 0.15) is 5.37 Å². The standard InChI is InChI=1S/C25H40N4O2S/c1-7-21-22(30)29(23(32-21)19-8-10-20(11-9-19)25(4,5)6)17-14-27-12-15-28(16-13-27)24(31)26-18(2)3/h8-11,18,21,23H,7,12-17H2,1-6H3,(H,26,31)/t21-,23-/m0/s1. The first kappa shape index (κ1) is 24.9. The highest BCUT2D eigenvalue weighted by molar-refractivity contribution is 8.01. The Balaban J connectivity index is 1.60. The number of carbonyl (C=O) groups excluding carboxylic acids is 2. The van der Waals surface area contributed by atoms with E-state index in [-0.39, 0.29) is 34.0 Å². The minimum absolute atomic E-state index is 0.0235. The van der Waals surface area contributed by atoms with Gasteiger partial charge in [-0.25, -0.2) is 4.79 Å². The average molecular weight is 461 g/mol. The van der Waals surface area contributed by atoms with Gasteiger partial charge in [0.05, 0.1) is 5.25 Å². The van der Waals surface area contributed by atoms with Gasteiger partial charge >= 0.3 is 6.03 Å². The van der Waals surface area contributed by atoms with Crippen LogP contribution in [0.15, 0.2) is 24.3 Å². The first-order chi connectivity index (χ1) is 15.1. The van der Waals surface area contributed by atoms with Crippen molar-refractivity contribution < 1.29 is 9.59 Å². The third-order valence-electron chi connectivity index (χ3n) is 6.30. The van der Waals surface area contributed by atoms with Crippen LogP contribution in [-0.4, -0.2) is 77.2 Å². The largest absolute Gasteiger partial charge is 0.336 e.